The van der Waals surface area contributed by atoms with Gasteiger partial charge in [-0.2, -0.15) is 5.11 Å². The van der Waals surface area contributed by atoms with Crippen molar-refractivity contribution in [2.24, 2.45) is 10.2 Å². The Kier molecular flexibility index (Phi) is 3.54. The Morgan fingerprint density at radius 3 is 2.22 bits per heavy atom. The van der Waals surface area contributed by atoms with Gasteiger partial charge in [-0.3, -0.25) is 0 Å². The average Bonchev–Trinajstić information content (AvgIpc) is 2.45. The van der Waals surface area contributed by atoms with Gasteiger partial charge in [-0.15, -0.1) is 18.0 Å². The molecule has 0 bridgehead atoms. The van der Waals surface area contributed by atoms with Crippen LogP contribution in [0.25, 0.3) is 0 Å². The van der Waals surface area contributed by atoms with Gasteiger partial charge in [0.05, 0.1) is 11.3 Å². The monoisotopic (exact) mass is 230 g/mol. The first-order valence-corrected chi connectivity index (χ1v) is 5.38. The Hall–Kier alpha value is -2.84. The van der Waals surface area contributed by atoms with Gasteiger partial charge in [-0.25, -0.2) is 0 Å². The van der Waals surface area contributed by atoms with Crippen LogP contribution in [0.4, 0.5) is 11.4 Å². The summed E-state index contributed by atoms with van der Waals surface area (Å²) in [5, 5.41) is 8.26. The van der Waals surface area contributed by atoms with E-state index >= 15 is 0 Å². The van der Waals surface area contributed by atoms with Gasteiger partial charge in [0, 0.05) is 5.56 Å². The maximum absolute atomic E-state index is 5.45. The molecule has 2 heteroatoms. The summed E-state index contributed by atoms with van der Waals surface area (Å²) in [5.74, 6) is 5.10. The van der Waals surface area contributed by atoms with Crippen LogP contribution in [0.1, 0.15) is 11.1 Å². The fourth-order valence-electron chi connectivity index (χ4n) is 1.50. The van der Waals surface area contributed by atoms with E-state index < -0.39 is 0 Å². The van der Waals surface area contributed by atoms with E-state index in [4.69, 9.17) is 12.8 Å². The van der Waals surface area contributed by atoms with Crippen molar-refractivity contribution in [3.63, 3.8) is 0 Å². The summed E-state index contributed by atoms with van der Waals surface area (Å²) in [4.78, 5) is 0. The largest absolute Gasteiger partial charge is 0.151 e. The van der Waals surface area contributed by atoms with Gasteiger partial charge in [0.2, 0.25) is 0 Å². The third-order valence-electron chi connectivity index (χ3n) is 2.37. The molecular weight excluding hydrogens is 220 g/mol. The number of benzene rings is 2. The molecule has 0 aromatic heterocycles. The topological polar surface area (TPSA) is 24.7 Å². The van der Waals surface area contributed by atoms with Crippen molar-refractivity contribution in [1.29, 1.82) is 0 Å². The minimum absolute atomic E-state index is 0.597. The Balaban J connectivity index is 2.40. The molecule has 2 aromatic rings. The van der Waals surface area contributed by atoms with Gasteiger partial charge in [0.1, 0.15) is 5.69 Å². The summed E-state index contributed by atoms with van der Waals surface area (Å²) >= 11 is 0. The van der Waals surface area contributed by atoms with E-state index in [9.17, 15) is 0 Å². The van der Waals surface area contributed by atoms with Gasteiger partial charge in [0.15, 0.2) is 0 Å². The van der Waals surface area contributed by atoms with Gasteiger partial charge in [-0.1, -0.05) is 36.1 Å². The van der Waals surface area contributed by atoms with Crippen molar-refractivity contribution in [3.05, 3.63) is 59.7 Å². The number of azo groups is 1. The van der Waals surface area contributed by atoms with Crippen molar-refractivity contribution in [2.75, 3.05) is 0 Å². The minimum Gasteiger partial charge on any atom is -0.151 e. The van der Waals surface area contributed by atoms with E-state index in [1.54, 1.807) is 12.1 Å². The lowest BCUT2D eigenvalue weighted by atomic mass is 10.1. The number of terminal acetylenes is 2. The van der Waals surface area contributed by atoms with Crippen LogP contribution in [0, 0.1) is 24.7 Å². The third kappa shape index (κ3) is 2.45. The van der Waals surface area contributed by atoms with Crippen LogP contribution in [0.2, 0.25) is 0 Å². The molecule has 0 atom stereocenters. The van der Waals surface area contributed by atoms with Crippen LogP contribution in [0.5, 0.6) is 0 Å². The highest BCUT2D eigenvalue weighted by atomic mass is 15.1. The zero-order valence-electron chi connectivity index (χ0n) is 9.67. The van der Waals surface area contributed by atoms with Crippen molar-refractivity contribution in [3.8, 4) is 24.7 Å². The summed E-state index contributed by atoms with van der Waals surface area (Å²) in [6.07, 6.45) is 10.8. The fraction of sp³-hybridized carbons (Fsp3) is 0. The van der Waals surface area contributed by atoms with Crippen LogP contribution in [0.3, 0.4) is 0 Å². The molecule has 2 nitrogen and oxygen atoms in total. The molecule has 0 radical (unpaired) electrons. The first-order valence-electron chi connectivity index (χ1n) is 5.38. The predicted molar refractivity (Wildman–Crippen MR) is 72.9 cm³/mol. The minimum atomic E-state index is 0.597. The first-order chi connectivity index (χ1) is 8.85. The lowest BCUT2D eigenvalue weighted by Gasteiger charge is -2.00. The maximum atomic E-state index is 5.45. The normalized spacial score (nSPS) is 9.89. The Morgan fingerprint density at radius 1 is 0.778 bits per heavy atom. The maximum Gasteiger partial charge on any atom is 0.103 e. The van der Waals surface area contributed by atoms with Crippen LogP contribution in [0.15, 0.2) is 58.8 Å². The van der Waals surface area contributed by atoms with Gasteiger partial charge in [-0.05, 0) is 24.3 Å². The van der Waals surface area contributed by atoms with Crippen molar-refractivity contribution in [1.82, 2.24) is 0 Å². The summed E-state index contributed by atoms with van der Waals surface area (Å²) < 4.78 is 0. The molecule has 0 spiro atoms. The van der Waals surface area contributed by atoms with E-state index in [1.165, 1.54) is 0 Å². The molecule has 2 aromatic carbocycles. The van der Waals surface area contributed by atoms with E-state index in [0.29, 0.717) is 16.8 Å². The molecule has 0 aliphatic heterocycles. The molecule has 0 heterocycles. The Bertz CT molecular complexity index is 656. The number of nitrogens with zero attached hydrogens (tertiary/aromatic N) is 2. The van der Waals surface area contributed by atoms with Crippen molar-refractivity contribution < 1.29 is 0 Å². The Morgan fingerprint density at radius 2 is 1.56 bits per heavy atom. The molecule has 0 saturated carbocycles. The standard InChI is InChI=1S/C16H10N2/c1-3-13-9-8-12-16(15(13)4-2)18-17-14-10-6-5-7-11-14/h1-2,5-12H/b18-17+. The second-order valence-corrected chi connectivity index (χ2v) is 3.52. The molecule has 0 amide bonds. The van der Waals surface area contributed by atoms with Gasteiger partial charge < -0.3 is 0 Å². The van der Waals surface area contributed by atoms with Crippen LogP contribution in [-0.4, -0.2) is 0 Å². The highest BCUT2D eigenvalue weighted by Crippen LogP contribution is 2.24. The molecule has 18 heavy (non-hydrogen) atoms. The lowest BCUT2D eigenvalue weighted by molar-refractivity contribution is 1.22. The zero-order valence-corrected chi connectivity index (χ0v) is 9.67. The third-order valence-corrected chi connectivity index (χ3v) is 2.37. The lowest BCUT2D eigenvalue weighted by Crippen LogP contribution is -1.83. The zero-order chi connectivity index (χ0) is 12.8. The molecule has 0 unspecified atom stereocenters. The molecule has 0 fully saturated rings. The summed E-state index contributed by atoms with van der Waals surface area (Å²) in [5.41, 5.74) is 2.63. The number of rotatable bonds is 2. The van der Waals surface area contributed by atoms with E-state index in [-0.39, 0.29) is 0 Å². The SMILES string of the molecule is C#Cc1cccc(/N=N/c2ccccc2)c1C#C. The second-order valence-electron chi connectivity index (χ2n) is 3.52. The molecule has 0 aliphatic carbocycles. The summed E-state index contributed by atoms with van der Waals surface area (Å²) in [6, 6.07) is 14.8. The van der Waals surface area contributed by atoms with E-state index in [1.807, 2.05) is 36.4 Å². The molecular formula is C16H10N2. The van der Waals surface area contributed by atoms with Crippen LogP contribution < -0.4 is 0 Å². The van der Waals surface area contributed by atoms with Gasteiger partial charge in [0.25, 0.3) is 0 Å². The molecule has 84 valence electrons. The van der Waals surface area contributed by atoms with Crippen LogP contribution in [-0.2, 0) is 0 Å². The highest BCUT2D eigenvalue weighted by molar-refractivity contribution is 5.62. The smallest absolute Gasteiger partial charge is 0.103 e. The van der Waals surface area contributed by atoms with Crippen molar-refractivity contribution in [2.45, 2.75) is 0 Å². The number of hydrogen-bond donors (Lipinski definition) is 0. The highest BCUT2D eigenvalue weighted by Gasteiger charge is 2.03. The number of hydrogen-bond acceptors (Lipinski definition) is 2. The second kappa shape index (κ2) is 5.48. The summed E-state index contributed by atoms with van der Waals surface area (Å²) in [7, 11) is 0. The van der Waals surface area contributed by atoms with E-state index in [0.717, 1.165) is 5.69 Å². The quantitative estimate of drug-likeness (QED) is 0.549. The van der Waals surface area contributed by atoms with E-state index in [2.05, 4.69) is 22.1 Å². The molecule has 0 N–H and O–H groups in total. The van der Waals surface area contributed by atoms with Gasteiger partial charge >= 0.3 is 0 Å². The predicted octanol–water partition coefficient (Wildman–Crippen LogP) is 4.06. The Labute approximate surface area is 106 Å². The average molecular weight is 230 g/mol. The summed E-state index contributed by atoms with van der Waals surface area (Å²) in [6.45, 7) is 0. The first kappa shape index (κ1) is 11.6. The van der Waals surface area contributed by atoms with Crippen molar-refractivity contribution >= 4 is 11.4 Å². The fourth-order valence-corrected chi connectivity index (χ4v) is 1.50. The molecule has 2 rings (SSSR count). The van der Waals surface area contributed by atoms with Crippen LogP contribution >= 0.6 is 0 Å². The molecule has 0 saturated heterocycles. The molecule has 0 aliphatic rings.